The van der Waals surface area contributed by atoms with Crippen LogP contribution in [0.1, 0.15) is 11.3 Å². The smallest absolute Gasteiger partial charge is 0.0972 e. The highest BCUT2D eigenvalue weighted by Gasteiger charge is 2.12. The van der Waals surface area contributed by atoms with E-state index in [0.717, 1.165) is 66.8 Å². The molecule has 0 aliphatic rings. The topological polar surface area (TPSA) is 38.7 Å². The van der Waals surface area contributed by atoms with Gasteiger partial charge in [0, 0.05) is 33.2 Å². The first-order valence-corrected chi connectivity index (χ1v) is 13.5. The molecule has 3 aromatic heterocycles. The van der Waals surface area contributed by atoms with E-state index in [0.29, 0.717) is 0 Å². The maximum atomic E-state index is 5.14. The molecule has 0 unspecified atom stereocenters. The average molecular weight is 514 g/mol. The minimum atomic E-state index is 0.922. The second kappa shape index (κ2) is 9.87. The first-order valence-electron chi connectivity index (χ1n) is 13.5. The number of pyridine rings is 3. The maximum Gasteiger partial charge on any atom is 0.0972 e. The lowest BCUT2D eigenvalue weighted by Crippen LogP contribution is -1.93. The van der Waals surface area contributed by atoms with Crippen molar-refractivity contribution in [1.82, 2.24) is 15.0 Å². The molecule has 40 heavy (non-hydrogen) atoms. The molecule has 0 atom stereocenters. The molecule has 0 spiro atoms. The molecule has 0 saturated carbocycles. The monoisotopic (exact) mass is 513 g/mol. The van der Waals surface area contributed by atoms with Crippen molar-refractivity contribution >= 4 is 21.8 Å². The van der Waals surface area contributed by atoms with Crippen molar-refractivity contribution in [3.63, 3.8) is 0 Å². The molecule has 0 bridgehead atoms. The van der Waals surface area contributed by atoms with Crippen LogP contribution in [-0.2, 0) is 0 Å². The van der Waals surface area contributed by atoms with E-state index in [4.69, 9.17) is 15.0 Å². The van der Waals surface area contributed by atoms with Crippen LogP contribution in [-0.4, -0.2) is 15.0 Å². The van der Waals surface area contributed by atoms with Crippen LogP contribution in [0.3, 0.4) is 0 Å². The maximum absolute atomic E-state index is 5.14. The van der Waals surface area contributed by atoms with E-state index >= 15 is 0 Å². The van der Waals surface area contributed by atoms with E-state index in [9.17, 15) is 0 Å². The van der Waals surface area contributed by atoms with Gasteiger partial charge in [0.05, 0.1) is 28.1 Å². The molecule has 7 aromatic rings. The summed E-state index contributed by atoms with van der Waals surface area (Å²) in [6, 6.07) is 44.4. The fourth-order valence-electron chi connectivity index (χ4n) is 5.44. The SMILES string of the molecule is Cc1cc(C)c2ccc3ccc(-c4cccc(-c5cc(-c6ccccc6)cc(-c6ccccc6)n5)c4)nc3c2n1. The fraction of sp³-hybridized carbons (Fsp3) is 0.0541. The number of hydrogen-bond donors (Lipinski definition) is 0. The van der Waals surface area contributed by atoms with E-state index in [1.165, 1.54) is 11.1 Å². The molecule has 190 valence electrons. The molecule has 0 fully saturated rings. The minimum Gasteiger partial charge on any atom is -0.251 e. The van der Waals surface area contributed by atoms with Gasteiger partial charge in [0.1, 0.15) is 0 Å². The summed E-state index contributed by atoms with van der Waals surface area (Å²) in [4.78, 5) is 15.1. The fourth-order valence-corrected chi connectivity index (χ4v) is 5.44. The summed E-state index contributed by atoms with van der Waals surface area (Å²) in [6.45, 7) is 4.18. The van der Waals surface area contributed by atoms with Crippen LogP contribution >= 0.6 is 0 Å². The Bertz CT molecular complexity index is 1950. The molecule has 0 saturated heterocycles. The van der Waals surface area contributed by atoms with Crippen LogP contribution in [0, 0.1) is 13.8 Å². The minimum absolute atomic E-state index is 0.922. The van der Waals surface area contributed by atoms with Crippen molar-refractivity contribution in [3.05, 3.63) is 139 Å². The van der Waals surface area contributed by atoms with Crippen molar-refractivity contribution in [2.24, 2.45) is 0 Å². The first kappa shape index (κ1) is 23.9. The first-order chi connectivity index (χ1) is 19.6. The van der Waals surface area contributed by atoms with Crippen LogP contribution in [0.25, 0.3) is 66.7 Å². The summed E-state index contributed by atoms with van der Waals surface area (Å²) in [5.74, 6) is 0. The predicted molar refractivity (Wildman–Crippen MR) is 166 cm³/mol. The highest BCUT2D eigenvalue weighted by molar-refractivity contribution is 6.04. The molecular formula is C37H27N3. The molecule has 0 amide bonds. The standard InChI is InChI=1S/C37H27N3/c1-24-20-25(2)38-37-32(24)18-16-28-17-19-33(40-36(28)37)29-14-9-15-30(21-29)35-23-31(26-10-5-3-6-11-26)22-34(39-35)27-12-7-4-8-13-27/h3-23H,1-2H3. The Morgan fingerprint density at radius 2 is 1.02 bits per heavy atom. The van der Waals surface area contributed by atoms with E-state index in [2.05, 4.69) is 122 Å². The Morgan fingerprint density at radius 3 is 1.77 bits per heavy atom. The predicted octanol–water partition coefficient (Wildman–Crippen LogP) is 9.46. The Labute approximate surface area is 233 Å². The molecule has 3 heteroatoms. The van der Waals surface area contributed by atoms with Crippen LogP contribution in [0.4, 0.5) is 0 Å². The third-order valence-corrected chi connectivity index (χ3v) is 7.43. The number of benzene rings is 4. The van der Waals surface area contributed by atoms with Gasteiger partial charge in [0.2, 0.25) is 0 Å². The van der Waals surface area contributed by atoms with Gasteiger partial charge in [-0.2, -0.15) is 0 Å². The Morgan fingerprint density at radius 1 is 0.400 bits per heavy atom. The molecule has 3 heterocycles. The summed E-state index contributed by atoms with van der Waals surface area (Å²) in [7, 11) is 0. The summed E-state index contributed by atoms with van der Waals surface area (Å²) in [5.41, 5.74) is 12.4. The van der Waals surface area contributed by atoms with Crippen molar-refractivity contribution in [3.8, 4) is 44.9 Å². The molecule has 3 nitrogen and oxygen atoms in total. The van der Waals surface area contributed by atoms with E-state index in [1.54, 1.807) is 0 Å². The second-order valence-electron chi connectivity index (χ2n) is 10.2. The molecule has 4 aromatic carbocycles. The van der Waals surface area contributed by atoms with Crippen molar-refractivity contribution in [2.75, 3.05) is 0 Å². The van der Waals surface area contributed by atoms with Gasteiger partial charge in [-0.25, -0.2) is 9.97 Å². The van der Waals surface area contributed by atoms with Crippen molar-refractivity contribution < 1.29 is 0 Å². The summed E-state index contributed by atoms with van der Waals surface area (Å²) in [5, 5.41) is 2.24. The summed E-state index contributed by atoms with van der Waals surface area (Å²) >= 11 is 0. The van der Waals surface area contributed by atoms with Crippen molar-refractivity contribution in [2.45, 2.75) is 13.8 Å². The van der Waals surface area contributed by atoms with E-state index in [1.807, 2.05) is 19.1 Å². The summed E-state index contributed by atoms with van der Waals surface area (Å²) < 4.78 is 0. The van der Waals surface area contributed by atoms with Crippen molar-refractivity contribution in [1.29, 1.82) is 0 Å². The molecule has 0 N–H and O–H groups in total. The number of hydrogen-bond acceptors (Lipinski definition) is 3. The molecular weight excluding hydrogens is 486 g/mol. The number of fused-ring (bicyclic) bond motifs is 3. The zero-order chi connectivity index (χ0) is 27.1. The Hall–Kier alpha value is -5.15. The van der Waals surface area contributed by atoms with Gasteiger partial charge in [0.25, 0.3) is 0 Å². The highest BCUT2D eigenvalue weighted by atomic mass is 14.8. The second-order valence-corrected chi connectivity index (χ2v) is 10.2. The zero-order valence-electron chi connectivity index (χ0n) is 22.5. The van der Waals surface area contributed by atoms with Gasteiger partial charge in [-0.15, -0.1) is 0 Å². The van der Waals surface area contributed by atoms with Crippen LogP contribution < -0.4 is 0 Å². The van der Waals surface area contributed by atoms with Gasteiger partial charge in [-0.05, 0) is 60.9 Å². The summed E-state index contributed by atoms with van der Waals surface area (Å²) in [6.07, 6.45) is 0. The van der Waals surface area contributed by atoms with Crippen LogP contribution in [0.15, 0.2) is 127 Å². The average Bonchev–Trinajstić information content (AvgIpc) is 3.01. The lowest BCUT2D eigenvalue weighted by molar-refractivity contribution is 1.23. The van der Waals surface area contributed by atoms with E-state index < -0.39 is 0 Å². The van der Waals surface area contributed by atoms with E-state index in [-0.39, 0.29) is 0 Å². The van der Waals surface area contributed by atoms with Crippen LogP contribution in [0.2, 0.25) is 0 Å². The molecule has 0 aliphatic carbocycles. The van der Waals surface area contributed by atoms with Gasteiger partial charge >= 0.3 is 0 Å². The third-order valence-electron chi connectivity index (χ3n) is 7.43. The Balaban J connectivity index is 1.37. The number of aromatic nitrogens is 3. The Kier molecular flexibility index (Phi) is 5.90. The lowest BCUT2D eigenvalue weighted by atomic mass is 9.98. The molecule has 7 rings (SSSR count). The van der Waals surface area contributed by atoms with Crippen LogP contribution in [0.5, 0.6) is 0 Å². The van der Waals surface area contributed by atoms with Gasteiger partial charge in [-0.1, -0.05) is 97.1 Å². The quantitative estimate of drug-likeness (QED) is 0.220. The van der Waals surface area contributed by atoms with Gasteiger partial charge in [0.15, 0.2) is 0 Å². The number of aryl methyl sites for hydroxylation is 2. The zero-order valence-corrected chi connectivity index (χ0v) is 22.5. The number of rotatable bonds is 4. The third kappa shape index (κ3) is 4.42. The largest absolute Gasteiger partial charge is 0.251 e. The molecule has 0 radical (unpaired) electrons. The number of nitrogens with zero attached hydrogens (tertiary/aromatic N) is 3. The molecule has 0 aliphatic heterocycles. The normalized spacial score (nSPS) is 11.2. The van der Waals surface area contributed by atoms with Gasteiger partial charge < -0.3 is 0 Å². The highest BCUT2D eigenvalue weighted by Crippen LogP contribution is 2.33. The van der Waals surface area contributed by atoms with Gasteiger partial charge in [-0.3, -0.25) is 4.98 Å². The lowest BCUT2D eigenvalue weighted by Gasteiger charge is -2.12.